The minimum Gasteiger partial charge on any atom is -0.383 e. The van der Waals surface area contributed by atoms with Crippen LogP contribution < -0.4 is 10.9 Å². The Hall–Kier alpha value is -1.36. The molecule has 0 fully saturated rings. The molecule has 0 spiro atoms. The van der Waals surface area contributed by atoms with Gasteiger partial charge in [0.15, 0.2) is 0 Å². The van der Waals surface area contributed by atoms with E-state index in [4.69, 9.17) is 0 Å². The summed E-state index contributed by atoms with van der Waals surface area (Å²) in [7, 11) is 0. The van der Waals surface area contributed by atoms with Crippen LogP contribution in [0.5, 0.6) is 0 Å². The first-order chi connectivity index (χ1) is 8.74. The summed E-state index contributed by atoms with van der Waals surface area (Å²) in [6, 6.07) is 1.68. The maximum Gasteiger partial charge on any atom is 0.268 e. The summed E-state index contributed by atoms with van der Waals surface area (Å²) < 4.78 is 1.60. The number of anilines is 1. The first kappa shape index (κ1) is 13.1. The Morgan fingerprint density at radius 3 is 2.94 bits per heavy atom. The van der Waals surface area contributed by atoms with Gasteiger partial charge in [-0.1, -0.05) is 13.8 Å². The highest BCUT2D eigenvalue weighted by Gasteiger charge is 2.12. The van der Waals surface area contributed by atoms with Crippen molar-refractivity contribution in [2.24, 2.45) is 0 Å². The highest BCUT2D eigenvalue weighted by Crippen LogP contribution is 2.16. The predicted octanol–water partition coefficient (Wildman–Crippen LogP) is 0.943. The highest BCUT2D eigenvalue weighted by atomic mass is 16.1. The third-order valence-corrected chi connectivity index (χ3v) is 3.50. The van der Waals surface area contributed by atoms with E-state index in [2.05, 4.69) is 29.2 Å². The van der Waals surface area contributed by atoms with Crippen LogP contribution in [0, 0.1) is 0 Å². The summed E-state index contributed by atoms with van der Waals surface area (Å²) in [4.78, 5) is 14.2. The third kappa shape index (κ3) is 2.90. The predicted molar refractivity (Wildman–Crippen MR) is 73.1 cm³/mol. The van der Waals surface area contributed by atoms with Crippen molar-refractivity contribution in [1.29, 1.82) is 0 Å². The molecule has 100 valence electrons. The van der Waals surface area contributed by atoms with Crippen LogP contribution in [0.25, 0.3) is 0 Å². The molecule has 0 radical (unpaired) electrons. The molecule has 0 bridgehead atoms. The van der Waals surface area contributed by atoms with E-state index in [-0.39, 0.29) is 5.56 Å². The summed E-state index contributed by atoms with van der Waals surface area (Å²) in [5.41, 5.74) is 1.95. The van der Waals surface area contributed by atoms with Crippen LogP contribution >= 0.6 is 0 Å². The molecule has 5 nitrogen and oxygen atoms in total. The van der Waals surface area contributed by atoms with Gasteiger partial charge in [0.2, 0.25) is 0 Å². The normalized spacial score (nSPS) is 14.4. The molecule has 0 amide bonds. The molecular weight excluding hydrogens is 228 g/mol. The molecule has 1 aliphatic rings. The third-order valence-electron chi connectivity index (χ3n) is 3.50. The van der Waals surface area contributed by atoms with E-state index < -0.39 is 0 Å². The van der Waals surface area contributed by atoms with Crippen LogP contribution in [-0.2, 0) is 13.0 Å². The van der Waals surface area contributed by atoms with Crippen LogP contribution in [0.4, 0.5) is 5.69 Å². The van der Waals surface area contributed by atoms with E-state index in [1.807, 2.05) is 0 Å². The van der Waals surface area contributed by atoms with Gasteiger partial charge in [-0.15, -0.1) is 0 Å². The van der Waals surface area contributed by atoms with Crippen molar-refractivity contribution < 1.29 is 0 Å². The molecule has 1 aromatic rings. The molecule has 0 aromatic carbocycles. The number of rotatable bonds is 5. The average molecular weight is 250 g/mol. The fourth-order valence-corrected chi connectivity index (χ4v) is 2.28. The SMILES string of the molecule is CCN(CC)CCn1nc2c(cc1=O)NCCC2. The number of aryl methyl sites for hydroxylation is 1. The maximum atomic E-state index is 11.9. The second-order valence-electron chi connectivity index (χ2n) is 4.62. The molecule has 18 heavy (non-hydrogen) atoms. The first-order valence-electron chi connectivity index (χ1n) is 6.81. The number of aromatic nitrogens is 2. The lowest BCUT2D eigenvalue weighted by Gasteiger charge is -2.20. The molecule has 2 heterocycles. The number of nitrogens with zero attached hydrogens (tertiary/aromatic N) is 3. The fraction of sp³-hybridized carbons (Fsp3) is 0.692. The summed E-state index contributed by atoms with van der Waals surface area (Å²) in [6.07, 6.45) is 2.06. The van der Waals surface area contributed by atoms with E-state index in [0.717, 1.165) is 50.4 Å². The number of likely N-dealkylation sites (N-methyl/N-ethyl adjacent to an activating group) is 1. The minimum atomic E-state index is -0.00435. The molecule has 2 rings (SSSR count). The van der Waals surface area contributed by atoms with Gasteiger partial charge in [0.05, 0.1) is 17.9 Å². The average Bonchev–Trinajstić information content (AvgIpc) is 2.40. The highest BCUT2D eigenvalue weighted by molar-refractivity contribution is 5.48. The largest absolute Gasteiger partial charge is 0.383 e. The Bertz CT molecular complexity index is 451. The number of nitrogens with one attached hydrogen (secondary N) is 1. The summed E-state index contributed by atoms with van der Waals surface area (Å²) in [6.45, 7) is 8.79. The van der Waals surface area contributed by atoms with Crippen molar-refractivity contribution in [3.8, 4) is 0 Å². The number of hydrogen-bond acceptors (Lipinski definition) is 4. The number of fused-ring (bicyclic) bond motifs is 1. The van der Waals surface area contributed by atoms with Gasteiger partial charge in [0, 0.05) is 19.2 Å². The molecule has 1 N–H and O–H groups in total. The second-order valence-corrected chi connectivity index (χ2v) is 4.62. The second kappa shape index (κ2) is 6.00. The van der Waals surface area contributed by atoms with Crippen LogP contribution in [-0.4, -0.2) is 40.9 Å². The summed E-state index contributed by atoms with van der Waals surface area (Å²) >= 11 is 0. The maximum absolute atomic E-state index is 11.9. The standard InChI is InChI=1S/C13H22N4O/c1-3-16(4-2)8-9-17-13(18)10-12-11(15-17)6-5-7-14-12/h10,14H,3-9H2,1-2H3. The lowest BCUT2D eigenvalue weighted by molar-refractivity contribution is 0.282. The van der Waals surface area contributed by atoms with Crippen molar-refractivity contribution in [2.75, 3.05) is 31.5 Å². The monoisotopic (exact) mass is 250 g/mol. The van der Waals surface area contributed by atoms with Crippen LogP contribution in [0.2, 0.25) is 0 Å². The zero-order chi connectivity index (χ0) is 13.0. The molecule has 0 unspecified atom stereocenters. The van der Waals surface area contributed by atoms with E-state index in [9.17, 15) is 4.79 Å². The van der Waals surface area contributed by atoms with E-state index >= 15 is 0 Å². The summed E-state index contributed by atoms with van der Waals surface area (Å²) in [5, 5.41) is 7.70. The lowest BCUT2D eigenvalue weighted by atomic mass is 10.1. The lowest BCUT2D eigenvalue weighted by Crippen LogP contribution is -2.33. The van der Waals surface area contributed by atoms with Crippen molar-refractivity contribution in [3.05, 3.63) is 22.1 Å². The Morgan fingerprint density at radius 1 is 1.44 bits per heavy atom. The minimum absolute atomic E-state index is 0.00435. The zero-order valence-electron chi connectivity index (χ0n) is 11.3. The van der Waals surface area contributed by atoms with Crippen molar-refractivity contribution in [2.45, 2.75) is 33.2 Å². The summed E-state index contributed by atoms with van der Waals surface area (Å²) in [5.74, 6) is 0. The molecule has 0 atom stereocenters. The van der Waals surface area contributed by atoms with Gasteiger partial charge in [-0.2, -0.15) is 5.10 Å². The van der Waals surface area contributed by atoms with Crippen LogP contribution in [0.1, 0.15) is 26.0 Å². The van der Waals surface area contributed by atoms with Crippen molar-refractivity contribution in [1.82, 2.24) is 14.7 Å². The quantitative estimate of drug-likeness (QED) is 0.845. The molecule has 0 saturated carbocycles. The molecule has 1 aliphatic heterocycles. The van der Waals surface area contributed by atoms with Crippen LogP contribution in [0.3, 0.4) is 0 Å². The van der Waals surface area contributed by atoms with Crippen LogP contribution in [0.15, 0.2) is 10.9 Å². The Kier molecular flexibility index (Phi) is 4.36. The van der Waals surface area contributed by atoms with Gasteiger partial charge in [-0.25, -0.2) is 4.68 Å². The molecule has 1 aromatic heterocycles. The van der Waals surface area contributed by atoms with E-state index in [0.29, 0.717) is 6.54 Å². The molecule has 5 heteroatoms. The smallest absolute Gasteiger partial charge is 0.268 e. The van der Waals surface area contributed by atoms with Gasteiger partial charge in [-0.05, 0) is 25.9 Å². The van der Waals surface area contributed by atoms with Crippen molar-refractivity contribution >= 4 is 5.69 Å². The van der Waals surface area contributed by atoms with Gasteiger partial charge in [-0.3, -0.25) is 4.79 Å². The Labute approximate surface area is 108 Å². The number of hydrogen-bond donors (Lipinski definition) is 1. The molecular formula is C13H22N4O. The zero-order valence-corrected chi connectivity index (χ0v) is 11.3. The molecule has 0 aliphatic carbocycles. The Morgan fingerprint density at radius 2 is 2.22 bits per heavy atom. The first-order valence-corrected chi connectivity index (χ1v) is 6.81. The van der Waals surface area contributed by atoms with E-state index in [1.165, 1.54) is 0 Å². The fourth-order valence-electron chi connectivity index (χ4n) is 2.28. The molecule has 0 saturated heterocycles. The topological polar surface area (TPSA) is 50.2 Å². The van der Waals surface area contributed by atoms with Gasteiger partial charge in [0.25, 0.3) is 5.56 Å². The van der Waals surface area contributed by atoms with Gasteiger partial charge >= 0.3 is 0 Å². The Balaban J connectivity index is 2.11. The van der Waals surface area contributed by atoms with Gasteiger partial charge < -0.3 is 10.2 Å². The van der Waals surface area contributed by atoms with Gasteiger partial charge in [0.1, 0.15) is 0 Å². The van der Waals surface area contributed by atoms with Crippen molar-refractivity contribution in [3.63, 3.8) is 0 Å². The van der Waals surface area contributed by atoms with E-state index in [1.54, 1.807) is 10.7 Å².